The van der Waals surface area contributed by atoms with Crippen LogP contribution >= 0.6 is 11.3 Å². The van der Waals surface area contributed by atoms with Crippen molar-refractivity contribution in [3.63, 3.8) is 0 Å². The Balaban J connectivity index is 1.05. The smallest absolute Gasteiger partial charge is 0.0465 e. The molecule has 9 aromatic rings. The molecule has 0 radical (unpaired) electrons. The third-order valence-corrected chi connectivity index (χ3v) is 12.2. The highest BCUT2D eigenvalue weighted by Crippen LogP contribution is 2.50. The van der Waals surface area contributed by atoms with Gasteiger partial charge in [0, 0.05) is 42.6 Å². The lowest BCUT2D eigenvalue weighted by Gasteiger charge is -2.28. The highest BCUT2D eigenvalue weighted by atomic mass is 32.1. The molecule has 0 amide bonds. The van der Waals surface area contributed by atoms with Gasteiger partial charge in [0.15, 0.2) is 0 Å². The molecule has 0 spiro atoms. The van der Waals surface area contributed by atoms with Crippen molar-refractivity contribution in [3.8, 4) is 44.5 Å². The van der Waals surface area contributed by atoms with Crippen LogP contribution in [0.3, 0.4) is 0 Å². The lowest BCUT2D eigenvalue weighted by molar-refractivity contribution is 0.660. The van der Waals surface area contributed by atoms with Crippen molar-refractivity contribution < 1.29 is 0 Å². The monoisotopic (exact) mass is 695 g/mol. The maximum Gasteiger partial charge on any atom is 0.0465 e. The van der Waals surface area contributed by atoms with E-state index in [9.17, 15) is 0 Å². The van der Waals surface area contributed by atoms with Gasteiger partial charge in [-0.2, -0.15) is 0 Å². The lowest BCUT2D eigenvalue weighted by Crippen LogP contribution is -2.16. The average Bonchev–Trinajstić information content (AvgIpc) is 3.70. The van der Waals surface area contributed by atoms with Gasteiger partial charge >= 0.3 is 0 Å². The van der Waals surface area contributed by atoms with E-state index in [1.54, 1.807) is 0 Å². The third kappa shape index (κ3) is 5.37. The molecule has 0 atom stereocenters. The largest absolute Gasteiger partial charge is 0.310 e. The Hall–Kier alpha value is -6.22. The predicted octanol–water partition coefficient (Wildman–Crippen LogP) is 14.8. The summed E-state index contributed by atoms with van der Waals surface area (Å²) in [4.78, 5) is 2.41. The van der Waals surface area contributed by atoms with Crippen molar-refractivity contribution in [2.45, 2.75) is 19.3 Å². The van der Waals surface area contributed by atoms with E-state index in [2.05, 4.69) is 207 Å². The molecule has 1 aromatic heterocycles. The fraction of sp³-hybridized carbons (Fsp3) is 0.0588. The molecule has 0 saturated carbocycles. The zero-order chi connectivity index (χ0) is 35.5. The fourth-order valence-electron chi connectivity index (χ4n) is 8.30. The molecule has 0 bridgehead atoms. The van der Waals surface area contributed by atoms with Crippen LogP contribution in [0.25, 0.3) is 64.7 Å². The number of nitrogens with zero attached hydrogens (tertiary/aromatic N) is 1. The molecule has 0 saturated heterocycles. The summed E-state index contributed by atoms with van der Waals surface area (Å²) >= 11 is 1.86. The maximum atomic E-state index is 2.41. The molecular weight excluding hydrogens is 659 g/mol. The Morgan fingerprint density at radius 3 is 1.62 bits per heavy atom. The number of rotatable bonds is 6. The second kappa shape index (κ2) is 12.5. The molecule has 8 aromatic carbocycles. The van der Waals surface area contributed by atoms with E-state index in [0.29, 0.717) is 0 Å². The predicted molar refractivity (Wildman–Crippen MR) is 228 cm³/mol. The molecule has 53 heavy (non-hydrogen) atoms. The Morgan fingerprint density at radius 1 is 0.358 bits per heavy atom. The van der Waals surface area contributed by atoms with Crippen LogP contribution in [0.1, 0.15) is 25.0 Å². The highest BCUT2D eigenvalue weighted by Gasteiger charge is 2.35. The second-order valence-corrected chi connectivity index (χ2v) is 15.7. The SMILES string of the molecule is CC1(C)c2ccccc2-c2ccc(N(c3ccc(-c4cccc(-c5ccccc5)c4)cc3)c3ccc(-c4ccc5sc6ccccc6c5c4)cc3)cc21. The van der Waals surface area contributed by atoms with Gasteiger partial charge in [0.05, 0.1) is 0 Å². The number of anilines is 3. The van der Waals surface area contributed by atoms with Gasteiger partial charge in [0.1, 0.15) is 0 Å². The Bertz CT molecular complexity index is 2790. The fourth-order valence-corrected chi connectivity index (χ4v) is 9.39. The van der Waals surface area contributed by atoms with Crippen molar-refractivity contribution in [2.75, 3.05) is 4.90 Å². The number of thiophene rings is 1. The summed E-state index contributed by atoms with van der Waals surface area (Å²) in [7, 11) is 0. The second-order valence-electron chi connectivity index (χ2n) is 14.6. The molecule has 0 aliphatic heterocycles. The van der Waals surface area contributed by atoms with Gasteiger partial charge in [-0.25, -0.2) is 0 Å². The molecule has 0 fully saturated rings. The van der Waals surface area contributed by atoms with Crippen molar-refractivity contribution >= 4 is 48.6 Å². The van der Waals surface area contributed by atoms with Gasteiger partial charge in [-0.05, 0) is 116 Å². The minimum absolute atomic E-state index is 0.0877. The van der Waals surface area contributed by atoms with Crippen LogP contribution in [-0.4, -0.2) is 0 Å². The molecule has 1 aliphatic rings. The Morgan fingerprint density at radius 2 is 0.887 bits per heavy atom. The first-order valence-electron chi connectivity index (χ1n) is 18.3. The number of fused-ring (bicyclic) bond motifs is 6. The zero-order valence-electron chi connectivity index (χ0n) is 29.8. The molecule has 2 heteroatoms. The van der Waals surface area contributed by atoms with Gasteiger partial charge < -0.3 is 4.90 Å². The van der Waals surface area contributed by atoms with Crippen LogP contribution in [-0.2, 0) is 5.41 Å². The van der Waals surface area contributed by atoms with Crippen LogP contribution in [0, 0.1) is 0 Å². The molecular formula is C51H37NS. The first kappa shape index (κ1) is 31.5. The summed E-state index contributed by atoms with van der Waals surface area (Å²) in [6.45, 7) is 4.71. The van der Waals surface area contributed by atoms with Crippen molar-refractivity contribution in [1.29, 1.82) is 0 Å². The summed E-state index contributed by atoms with van der Waals surface area (Å²) < 4.78 is 2.66. The van der Waals surface area contributed by atoms with E-state index >= 15 is 0 Å². The van der Waals surface area contributed by atoms with Crippen molar-refractivity contribution in [2.24, 2.45) is 0 Å². The van der Waals surface area contributed by atoms with Gasteiger partial charge in [-0.15, -0.1) is 11.3 Å². The van der Waals surface area contributed by atoms with Crippen LogP contribution < -0.4 is 4.90 Å². The van der Waals surface area contributed by atoms with Gasteiger partial charge in [0.25, 0.3) is 0 Å². The standard InChI is InChI=1S/C51H37NS/c1-51(2)47-17-8-6-15-43(47)44-29-28-42(33-48(44)51)52(40-24-19-35(20-25-40)38-14-10-13-37(31-38)34-11-4-3-5-12-34)41-26-21-36(22-27-41)39-23-30-50-46(32-39)45-16-7-9-18-49(45)53-50/h3-33H,1-2H3. The van der Waals surface area contributed by atoms with E-state index < -0.39 is 0 Å². The van der Waals surface area contributed by atoms with Crippen LogP contribution in [0.5, 0.6) is 0 Å². The number of hydrogen-bond acceptors (Lipinski definition) is 2. The van der Waals surface area contributed by atoms with Crippen LogP contribution in [0.15, 0.2) is 188 Å². The zero-order valence-corrected chi connectivity index (χ0v) is 30.6. The summed E-state index contributed by atoms with van der Waals surface area (Å²) in [6, 6.07) is 69.1. The summed E-state index contributed by atoms with van der Waals surface area (Å²) in [5.74, 6) is 0. The van der Waals surface area contributed by atoms with E-state index in [1.807, 2.05) is 11.3 Å². The molecule has 1 aliphatic carbocycles. The maximum absolute atomic E-state index is 2.41. The molecule has 0 unspecified atom stereocenters. The molecule has 1 nitrogen and oxygen atoms in total. The quantitative estimate of drug-likeness (QED) is 0.167. The molecule has 10 rings (SSSR count). The Kier molecular flexibility index (Phi) is 7.42. The average molecular weight is 696 g/mol. The summed E-state index contributed by atoms with van der Waals surface area (Å²) in [5.41, 5.74) is 16.0. The first-order chi connectivity index (χ1) is 26.0. The van der Waals surface area contributed by atoms with Crippen molar-refractivity contribution in [1.82, 2.24) is 0 Å². The number of benzene rings is 8. The summed E-state index contributed by atoms with van der Waals surface area (Å²) in [5, 5.41) is 2.65. The van der Waals surface area contributed by atoms with Gasteiger partial charge in [-0.3, -0.25) is 0 Å². The summed E-state index contributed by atoms with van der Waals surface area (Å²) in [6.07, 6.45) is 0. The highest BCUT2D eigenvalue weighted by molar-refractivity contribution is 7.25. The normalized spacial score (nSPS) is 12.9. The van der Waals surface area contributed by atoms with E-state index in [0.717, 1.165) is 17.1 Å². The molecule has 1 heterocycles. The van der Waals surface area contributed by atoms with E-state index in [4.69, 9.17) is 0 Å². The minimum atomic E-state index is -0.0877. The first-order valence-corrected chi connectivity index (χ1v) is 19.2. The van der Waals surface area contributed by atoms with Gasteiger partial charge in [0.2, 0.25) is 0 Å². The topological polar surface area (TPSA) is 3.24 Å². The molecule has 252 valence electrons. The van der Waals surface area contributed by atoms with Crippen LogP contribution in [0.2, 0.25) is 0 Å². The third-order valence-electron chi connectivity index (χ3n) is 11.1. The van der Waals surface area contributed by atoms with E-state index in [-0.39, 0.29) is 5.41 Å². The Labute approximate surface area is 315 Å². The molecule has 0 N–H and O–H groups in total. The van der Waals surface area contributed by atoms with E-state index in [1.165, 1.54) is 75.8 Å². The van der Waals surface area contributed by atoms with Crippen molar-refractivity contribution in [3.05, 3.63) is 199 Å². The number of hydrogen-bond donors (Lipinski definition) is 0. The van der Waals surface area contributed by atoms with Crippen LogP contribution in [0.4, 0.5) is 17.1 Å². The minimum Gasteiger partial charge on any atom is -0.310 e. The lowest BCUT2D eigenvalue weighted by atomic mass is 9.82. The van der Waals surface area contributed by atoms with Gasteiger partial charge in [-0.1, -0.05) is 141 Å².